The summed E-state index contributed by atoms with van der Waals surface area (Å²) in [7, 11) is 0. The molecular weight excluding hydrogens is 374 g/mol. The number of hydrogen-bond donors (Lipinski definition) is 1. The molecule has 0 aliphatic carbocycles. The molecule has 0 bridgehead atoms. The second kappa shape index (κ2) is 6.97. The lowest BCUT2D eigenvalue weighted by Crippen LogP contribution is -2.23. The first kappa shape index (κ1) is 17.3. The van der Waals surface area contributed by atoms with Gasteiger partial charge in [-0.1, -0.05) is 22.4 Å². The van der Waals surface area contributed by atoms with Gasteiger partial charge in [-0.2, -0.15) is 0 Å². The van der Waals surface area contributed by atoms with Gasteiger partial charge in [-0.3, -0.25) is 4.79 Å². The van der Waals surface area contributed by atoms with Crippen molar-refractivity contribution < 1.29 is 23.0 Å². The van der Waals surface area contributed by atoms with E-state index >= 15 is 0 Å². The average Bonchev–Trinajstić information content (AvgIpc) is 3.51. The van der Waals surface area contributed by atoms with Gasteiger partial charge in [0.05, 0.1) is 12.8 Å². The van der Waals surface area contributed by atoms with Gasteiger partial charge in [-0.15, -0.1) is 0 Å². The molecule has 8 heteroatoms. The van der Waals surface area contributed by atoms with Crippen molar-refractivity contribution in [1.29, 1.82) is 0 Å². The van der Waals surface area contributed by atoms with Crippen LogP contribution in [-0.4, -0.2) is 22.3 Å². The normalized spacial score (nSPS) is 15.1. The van der Waals surface area contributed by atoms with Crippen molar-refractivity contribution in [1.82, 2.24) is 15.6 Å². The van der Waals surface area contributed by atoms with Gasteiger partial charge in [0, 0.05) is 24.1 Å². The molecule has 1 atom stereocenters. The maximum atomic E-state index is 12.3. The van der Waals surface area contributed by atoms with E-state index in [9.17, 15) is 4.79 Å². The molecule has 5 rings (SSSR count). The van der Waals surface area contributed by atoms with E-state index in [1.807, 2.05) is 25.1 Å². The van der Waals surface area contributed by atoms with Crippen molar-refractivity contribution in [2.75, 3.05) is 0 Å². The van der Waals surface area contributed by atoms with Crippen LogP contribution < -0.4 is 10.1 Å². The Morgan fingerprint density at radius 2 is 2.00 bits per heavy atom. The number of fused-ring (bicyclic) bond motifs is 1. The molecular formula is C21H17N3O5. The summed E-state index contributed by atoms with van der Waals surface area (Å²) < 4.78 is 21.6. The van der Waals surface area contributed by atoms with Gasteiger partial charge >= 0.3 is 0 Å². The second-order valence-electron chi connectivity index (χ2n) is 6.87. The van der Waals surface area contributed by atoms with Crippen molar-refractivity contribution in [3.8, 4) is 28.6 Å². The first-order chi connectivity index (χ1) is 14.2. The second-order valence-corrected chi connectivity index (χ2v) is 6.87. The molecule has 0 saturated heterocycles. The molecule has 4 aromatic rings. The first-order valence-electron chi connectivity index (χ1n) is 9.20. The molecule has 29 heavy (non-hydrogen) atoms. The third kappa shape index (κ3) is 3.40. The number of rotatable bonds is 5. The van der Waals surface area contributed by atoms with Crippen LogP contribution in [0.4, 0.5) is 0 Å². The predicted octanol–water partition coefficient (Wildman–Crippen LogP) is 3.84. The van der Waals surface area contributed by atoms with Crippen molar-refractivity contribution in [2.45, 2.75) is 26.0 Å². The summed E-state index contributed by atoms with van der Waals surface area (Å²) in [4.78, 5) is 12.3. The lowest BCUT2D eigenvalue weighted by Gasteiger charge is -2.03. The number of hydrogen-bond acceptors (Lipinski definition) is 7. The van der Waals surface area contributed by atoms with Crippen molar-refractivity contribution in [2.24, 2.45) is 0 Å². The van der Waals surface area contributed by atoms with E-state index in [0.717, 1.165) is 17.7 Å². The number of furan rings is 1. The van der Waals surface area contributed by atoms with Crippen LogP contribution in [0.2, 0.25) is 0 Å². The van der Waals surface area contributed by atoms with E-state index in [0.29, 0.717) is 23.0 Å². The molecule has 0 radical (unpaired) electrons. The minimum Gasteiger partial charge on any atom is -0.490 e. The summed E-state index contributed by atoms with van der Waals surface area (Å²) in [5.41, 5.74) is 2.82. The number of carbonyl (C=O) groups excluding carboxylic acids is 1. The molecule has 1 aliphatic heterocycles. The van der Waals surface area contributed by atoms with Crippen LogP contribution in [0.1, 0.15) is 28.7 Å². The number of nitrogens with one attached hydrogen (secondary N) is 1. The molecule has 3 aromatic heterocycles. The number of ether oxygens (including phenoxy) is 1. The Hall–Kier alpha value is -3.81. The summed E-state index contributed by atoms with van der Waals surface area (Å²) in [5.74, 6) is 2.00. The quantitative estimate of drug-likeness (QED) is 0.551. The van der Waals surface area contributed by atoms with E-state index in [1.165, 1.54) is 17.9 Å². The van der Waals surface area contributed by atoms with E-state index in [2.05, 4.69) is 15.6 Å². The van der Waals surface area contributed by atoms with Crippen LogP contribution >= 0.6 is 0 Å². The number of aromatic nitrogens is 2. The molecule has 146 valence electrons. The lowest BCUT2D eigenvalue weighted by atomic mass is 10.1. The summed E-state index contributed by atoms with van der Waals surface area (Å²) >= 11 is 0. The number of nitrogens with zero attached hydrogens (tertiary/aromatic N) is 2. The van der Waals surface area contributed by atoms with Gasteiger partial charge < -0.3 is 23.5 Å². The monoisotopic (exact) mass is 391 g/mol. The van der Waals surface area contributed by atoms with Crippen LogP contribution in [0.3, 0.4) is 0 Å². The maximum Gasteiger partial charge on any atom is 0.273 e. The van der Waals surface area contributed by atoms with E-state index in [4.69, 9.17) is 18.2 Å². The minimum absolute atomic E-state index is 0.157. The third-order valence-electron chi connectivity index (χ3n) is 4.68. The van der Waals surface area contributed by atoms with Gasteiger partial charge in [0.2, 0.25) is 5.76 Å². The molecule has 8 nitrogen and oxygen atoms in total. The SMILES string of the molecule is C[C@@H]1Cc2ccc(-c3cc(CNC(=O)c4cc(-c5ccco5)on4)no3)cc2O1. The Morgan fingerprint density at radius 1 is 1.10 bits per heavy atom. The van der Waals surface area contributed by atoms with E-state index in [1.54, 1.807) is 18.2 Å². The van der Waals surface area contributed by atoms with Gasteiger partial charge in [0.25, 0.3) is 5.91 Å². The third-order valence-corrected chi connectivity index (χ3v) is 4.68. The Balaban J connectivity index is 1.24. The molecule has 1 aliphatic rings. The topological polar surface area (TPSA) is 104 Å². The Morgan fingerprint density at radius 3 is 2.86 bits per heavy atom. The van der Waals surface area contributed by atoms with Gasteiger partial charge in [0.15, 0.2) is 17.2 Å². The highest BCUT2D eigenvalue weighted by Gasteiger charge is 2.20. The standard InChI is InChI=1S/C21H17N3O5/c1-12-7-13-4-5-14(8-18(13)27-12)19-9-15(23-28-19)11-22-21(25)16-10-20(29-24-16)17-3-2-6-26-17/h2-6,8-10,12H,7,11H2,1H3,(H,22,25)/t12-/m1/s1. The molecule has 1 N–H and O–H groups in total. The van der Waals surface area contributed by atoms with Crippen LogP contribution in [0, 0.1) is 0 Å². The molecule has 4 heterocycles. The van der Waals surface area contributed by atoms with Crippen LogP contribution in [0.5, 0.6) is 5.75 Å². The van der Waals surface area contributed by atoms with Crippen molar-refractivity contribution in [3.63, 3.8) is 0 Å². The highest BCUT2D eigenvalue weighted by molar-refractivity contribution is 5.92. The van der Waals surface area contributed by atoms with Gasteiger partial charge in [-0.05, 0) is 30.7 Å². The fourth-order valence-corrected chi connectivity index (χ4v) is 3.26. The van der Waals surface area contributed by atoms with Gasteiger partial charge in [-0.25, -0.2) is 0 Å². The summed E-state index contributed by atoms with van der Waals surface area (Å²) in [6, 6.07) is 12.7. The van der Waals surface area contributed by atoms with E-state index < -0.39 is 0 Å². The molecule has 0 fully saturated rings. The Labute approximate surface area is 165 Å². The number of benzene rings is 1. The number of amides is 1. The van der Waals surface area contributed by atoms with Gasteiger partial charge in [0.1, 0.15) is 17.5 Å². The first-order valence-corrected chi connectivity index (χ1v) is 9.20. The molecule has 0 saturated carbocycles. The zero-order valence-electron chi connectivity index (χ0n) is 15.5. The largest absolute Gasteiger partial charge is 0.490 e. The van der Waals surface area contributed by atoms with Crippen LogP contribution in [-0.2, 0) is 13.0 Å². The summed E-state index contributed by atoms with van der Waals surface area (Å²) in [5, 5.41) is 10.5. The summed E-state index contributed by atoms with van der Waals surface area (Å²) in [6.07, 6.45) is 2.62. The molecule has 1 aromatic carbocycles. The summed E-state index contributed by atoms with van der Waals surface area (Å²) in [6.45, 7) is 2.24. The zero-order chi connectivity index (χ0) is 19.8. The van der Waals surface area contributed by atoms with Crippen LogP contribution in [0.15, 0.2) is 62.2 Å². The van der Waals surface area contributed by atoms with Crippen molar-refractivity contribution in [3.05, 3.63) is 65.7 Å². The number of carbonyl (C=O) groups is 1. The fourth-order valence-electron chi connectivity index (χ4n) is 3.26. The zero-order valence-corrected chi connectivity index (χ0v) is 15.5. The highest BCUT2D eigenvalue weighted by Crippen LogP contribution is 2.33. The average molecular weight is 391 g/mol. The van der Waals surface area contributed by atoms with Crippen LogP contribution in [0.25, 0.3) is 22.8 Å². The fraction of sp³-hybridized carbons (Fsp3) is 0.190. The maximum absolute atomic E-state index is 12.3. The van der Waals surface area contributed by atoms with Crippen molar-refractivity contribution >= 4 is 5.91 Å². The Kier molecular flexibility index (Phi) is 4.16. The Bertz CT molecular complexity index is 1160. The molecule has 1 amide bonds. The minimum atomic E-state index is -0.379. The smallest absolute Gasteiger partial charge is 0.273 e. The van der Waals surface area contributed by atoms with E-state index in [-0.39, 0.29) is 24.2 Å². The lowest BCUT2D eigenvalue weighted by molar-refractivity contribution is 0.0941. The highest BCUT2D eigenvalue weighted by atomic mass is 16.5. The molecule has 0 unspecified atom stereocenters. The predicted molar refractivity (Wildman–Crippen MR) is 101 cm³/mol. The molecule has 0 spiro atoms.